The maximum absolute atomic E-state index is 14.7. The van der Waals surface area contributed by atoms with E-state index in [-0.39, 0.29) is 42.7 Å². The lowest BCUT2D eigenvalue weighted by Gasteiger charge is -2.49. The van der Waals surface area contributed by atoms with E-state index in [1.165, 1.54) is 13.1 Å². The van der Waals surface area contributed by atoms with Gasteiger partial charge in [0.05, 0.1) is 65.5 Å². The SMILES string of the molecule is CC[C@H]1OC(=O)[C@H](C)[C@@H](O[C@H]2C[C@@](C)(OC)[C@@H](OCCN(C)CCCc3ccc4c(c3)c(=O)c(C(=O)O)cn4N(C)C)[C@H](C)O2)[C@H](C)[C@@H](O[C@@H]2O[C@H](C)C[C@H](N(C)C)[C@H]2O)[C@](C)(O)C[C@@H](C)C(=NOCC#N)[C@@H](C)[C@@H](O)[C@]1(C)O. The van der Waals surface area contributed by atoms with E-state index in [2.05, 4.69) is 10.1 Å². The summed E-state index contributed by atoms with van der Waals surface area (Å²) in [5.74, 6) is -5.66. The molecular weight excluding hydrogens is 1020 g/mol. The van der Waals surface area contributed by atoms with Gasteiger partial charge in [0.2, 0.25) is 12.0 Å². The summed E-state index contributed by atoms with van der Waals surface area (Å²) in [5, 5.41) is 74.1. The maximum atomic E-state index is 14.7. The molecule has 3 aliphatic rings. The van der Waals surface area contributed by atoms with Crippen LogP contribution in [0.5, 0.6) is 0 Å². The molecule has 4 heterocycles. The summed E-state index contributed by atoms with van der Waals surface area (Å²) < 4.78 is 47.3. The second kappa shape index (κ2) is 27.6. The van der Waals surface area contributed by atoms with E-state index in [1.54, 1.807) is 78.5 Å². The molecule has 5 rings (SSSR count). The highest BCUT2D eigenvalue weighted by molar-refractivity contribution is 5.93. The Hall–Kier alpha value is -4.35. The summed E-state index contributed by atoms with van der Waals surface area (Å²) in [7, 11) is 10.8. The number of oxime groups is 1. The molecule has 22 heteroatoms. The Kier molecular flexibility index (Phi) is 22.9. The fourth-order valence-corrected chi connectivity index (χ4v) is 12.0. The van der Waals surface area contributed by atoms with Crippen molar-refractivity contribution in [2.24, 2.45) is 28.8 Å². The number of aryl methyl sites for hydroxylation is 1. The zero-order chi connectivity index (χ0) is 59.1. The molecule has 0 saturated carbocycles. The zero-order valence-electron chi connectivity index (χ0n) is 49.5. The molecule has 2 aromatic rings. The van der Waals surface area contributed by atoms with Crippen LogP contribution in [0, 0.1) is 35.0 Å². The second-order valence-electron chi connectivity index (χ2n) is 23.5. The van der Waals surface area contributed by atoms with Gasteiger partial charge in [0, 0.05) is 69.5 Å². The molecule has 18 atom stereocenters. The fraction of sp³-hybridized carbons (Fsp3) is 0.772. The lowest BCUT2D eigenvalue weighted by atomic mass is 9.73. The first kappa shape index (κ1) is 65.5. The Morgan fingerprint density at radius 1 is 0.949 bits per heavy atom. The Labute approximate surface area is 466 Å². The number of methoxy groups -OCH3 is 1. The van der Waals surface area contributed by atoms with Crippen LogP contribution < -0.4 is 10.4 Å². The van der Waals surface area contributed by atoms with Crippen molar-refractivity contribution in [2.45, 2.75) is 192 Å². The summed E-state index contributed by atoms with van der Waals surface area (Å²) in [6.07, 6.45) is -6.65. The number of aromatic carboxylic acids is 1. The van der Waals surface area contributed by atoms with Crippen molar-refractivity contribution in [3.63, 3.8) is 0 Å². The van der Waals surface area contributed by atoms with Crippen molar-refractivity contribution in [1.29, 1.82) is 5.26 Å². The summed E-state index contributed by atoms with van der Waals surface area (Å²) in [4.78, 5) is 49.1. The van der Waals surface area contributed by atoms with E-state index in [0.717, 1.165) is 12.0 Å². The third-order valence-electron chi connectivity index (χ3n) is 16.6. The summed E-state index contributed by atoms with van der Waals surface area (Å²) in [6, 6.07) is 7.08. The number of carbonyl (C=O) groups excluding carboxylic acids is 1. The third-order valence-corrected chi connectivity index (χ3v) is 16.6. The van der Waals surface area contributed by atoms with Gasteiger partial charge >= 0.3 is 11.9 Å². The smallest absolute Gasteiger partial charge is 0.341 e. The van der Waals surface area contributed by atoms with E-state index >= 15 is 0 Å². The van der Waals surface area contributed by atoms with Crippen molar-refractivity contribution in [1.82, 2.24) is 14.5 Å². The van der Waals surface area contributed by atoms with Crippen LogP contribution in [0.1, 0.15) is 117 Å². The number of carbonyl (C=O) groups is 2. The first-order valence-electron chi connectivity index (χ1n) is 27.7. The minimum absolute atomic E-state index is 0.0803. The topological polar surface area (TPSA) is 277 Å². The average Bonchev–Trinajstić information content (AvgIpc) is 3.43. The number of ether oxygens (including phenoxy) is 7. The van der Waals surface area contributed by atoms with Gasteiger partial charge < -0.3 is 78.3 Å². The molecule has 0 radical (unpaired) electrons. The zero-order valence-corrected chi connectivity index (χ0v) is 49.5. The highest BCUT2D eigenvalue weighted by Crippen LogP contribution is 2.42. The number of carboxylic acid groups (broad SMARTS) is 1. The number of nitriles is 1. The molecule has 79 heavy (non-hydrogen) atoms. The van der Waals surface area contributed by atoms with Crippen LogP contribution in [-0.2, 0) is 49.2 Å². The van der Waals surface area contributed by atoms with E-state index in [0.29, 0.717) is 43.4 Å². The standard InChI is InChI=1S/C57H92N6O16/c1-17-43-57(10,71)49(66)34(4)45(59-74-25-22-58)32(2)29-55(8,70)50(79-54-47(65)42(60(11)12)27-33(3)75-54)35(5)48(36(6)53(69)77-43)78-44-30-56(9,72-16)51(37(7)76-44)73-26-24-62(15)23-18-19-38-20-21-41-39(28-38)46(64)40(52(67)68)31-63(41)61(13)14/h20-21,28,31-37,42-44,47-51,54,65-66,70-71H,17-19,23-27,29-30H2,1-16H3,(H,67,68)/t32-,33-,34-,35+,36-,37+,42+,43-,44+,47-,48+,49-,50-,51+,54+,55-,56-,57-/m1/s1. The number of cyclic esters (lactones) is 1. The molecule has 0 bridgehead atoms. The summed E-state index contributed by atoms with van der Waals surface area (Å²) in [5.41, 5.74) is -3.89. The van der Waals surface area contributed by atoms with E-state index in [9.17, 15) is 45.2 Å². The average molecular weight is 1120 g/mol. The van der Waals surface area contributed by atoms with Crippen LogP contribution in [0.15, 0.2) is 34.3 Å². The molecule has 3 aliphatic heterocycles. The van der Waals surface area contributed by atoms with E-state index < -0.39 is 120 Å². The van der Waals surface area contributed by atoms with Gasteiger partial charge in [-0.2, -0.15) is 5.26 Å². The van der Waals surface area contributed by atoms with Crippen LogP contribution in [0.2, 0.25) is 0 Å². The molecule has 3 fully saturated rings. The number of benzene rings is 1. The number of esters is 1. The van der Waals surface area contributed by atoms with Crippen molar-refractivity contribution in [3.8, 4) is 6.07 Å². The Bertz CT molecular complexity index is 2480. The van der Waals surface area contributed by atoms with Gasteiger partial charge in [-0.1, -0.05) is 38.9 Å². The van der Waals surface area contributed by atoms with Gasteiger partial charge in [-0.05, 0) is 119 Å². The molecule has 3 saturated heterocycles. The molecule has 1 aromatic carbocycles. The predicted octanol–water partition coefficient (Wildman–Crippen LogP) is 3.91. The monoisotopic (exact) mass is 1120 g/mol. The molecule has 0 amide bonds. The number of aliphatic hydroxyl groups is 4. The number of pyridine rings is 1. The Morgan fingerprint density at radius 2 is 1.63 bits per heavy atom. The molecule has 22 nitrogen and oxygen atoms in total. The summed E-state index contributed by atoms with van der Waals surface area (Å²) in [6.45, 7) is 18.3. The lowest BCUT2D eigenvalue weighted by Crippen LogP contribution is -2.61. The third kappa shape index (κ3) is 15.4. The number of fused-ring (bicyclic) bond motifs is 1. The number of nitrogens with zero attached hydrogens (tertiary/aromatic N) is 6. The van der Waals surface area contributed by atoms with Crippen molar-refractivity contribution >= 4 is 28.6 Å². The van der Waals surface area contributed by atoms with E-state index in [4.69, 9.17) is 38.0 Å². The van der Waals surface area contributed by atoms with Gasteiger partial charge in [0.25, 0.3) is 0 Å². The largest absolute Gasteiger partial charge is 0.477 e. The van der Waals surface area contributed by atoms with Crippen LogP contribution in [0.4, 0.5) is 0 Å². The van der Waals surface area contributed by atoms with Crippen LogP contribution in [-0.4, -0.2) is 211 Å². The van der Waals surface area contributed by atoms with Gasteiger partial charge in [-0.25, -0.2) is 4.79 Å². The number of aromatic nitrogens is 1. The predicted molar refractivity (Wildman–Crippen MR) is 295 cm³/mol. The van der Waals surface area contributed by atoms with Crippen LogP contribution >= 0.6 is 0 Å². The number of hydrogen-bond acceptors (Lipinski definition) is 20. The minimum atomic E-state index is -2.02. The van der Waals surface area contributed by atoms with Crippen molar-refractivity contribution < 1.29 is 73.1 Å². The quantitative estimate of drug-likeness (QED) is 0.0758. The molecular formula is C57H92N6O16. The van der Waals surface area contributed by atoms with Gasteiger partial charge in [0.15, 0.2) is 12.6 Å². The lowest BCUT2D eigenvalue weighted by molar-refractivity contribution is -0.320. The first-order valence-corrected chi connectivity index (χ1v) is 27.7. The van der Waals surface area contributed by atoms with Crippen LogP contribution in [0.3, 0.4) is 0 Å². The highest BCUT2D eigenvalue weighted by atomic mass is 16.7. The molecule has 0 unspecified atom stereocenters. The number of carboxylic acids is 1. The second-order valence-corrected chi connectivity index (χ2v) is 23.5. The van der Waals surface area contributed by atoms with Gasteiger partial charge in [-0.3, -0.25) is 14.3 Å². The van der Waals surface area contributed by atoms with Crippen molar-refractivity contribution in [3.05, 3.63) is 45.7 Å². The maximum Gasteiger partial charge on any atom is 0.341 e. The number of rotatable bonds is 19. The molecule has 1 aromatic heterocycles. The summed E-state index contributed by atoms with van der Waals surface area (Å²) >= 11 is 0. The molecule has 446 valence electrons. The number of hydrogen-bond donors (Lipinski definition) is 5. The number of likely N-dealkylation sites (N-methyl/N-ethyl adjacent to an activating group) is 2. The Balaban J connectivity index is 1.40. The van der Waals surface area contributed by atoms with E-state index in [1.807, 2.05) is 65.0 Å². The Morgan fingerprint density at radius 3 is 2.24 bits per heavy atom. The van der Waals surface area contributed by atoms with Gasteiger partial charge in [0.1, 0.15) is 35.5 Å². The highest BCUT2D eigenvalue weighted by Gasteiger charge is 2.54. The van der Waals surface area contributed by atoms with Crippen LogP contribution in [0.25, 0.3) is 10.9 Å². The molecule has 5 N–H and O–H groups in total. The minimum Gasteiger partial charge on any atom is -0.477 e. The normalized spacial score (nSPS) is 36.7. The first-order chi connectivity index (χ1) is 36.9. The fourth-order valence-electron chi connectivity index (χ4n) is 12.0. The number of aliphatic hydroxyl groups excluding tert-OH is 2. The molecule has 0 spiro atoms. The van der Waals surface area contributed by atoms with Gasteiger partial charge in [-0.15, -0.1) is 0 Å². The molecule has 0 aliphatic carbocycles. The van der Waals surface area contributed by atoms with Crippen molar-refractivity contribution in [2.75, 3.05) is 73.7 Å².